The third-order valence-electron chi connectivity index (χ3n) is 2.42. The first-order chi connectivity index (χ1) is 9.71. The molecule has 6 nitrogen and oxygen atoms in total. The molecule has 7 heteroatoms. The molecule has 2 rings (SSSR count). The van der Waals surface area contributed by atoms with E-state index in [0.717, 1.165) is 0 Å². The van der Waals surface area contributed by atoms with Crippen LogP contribution in [-0.2, 0) is 0 Å². The lowest BCUT2D eigenvalue weighted by molar-refractivity contribution is 1.28. The van der Waals surface area contributed by atoms with Crippen molar-refractivity contribution in [1.82, 2.24) is 9.97 Å². The first kappa shape index (κ1) is 13.5. The quantitative estimate of drug-likeness (QED) is 0.850. The van der Waals surface area contributed by atoms with Crippen molar-refractivity contribution in [3.8, 4) is 18.2 Å². The first-order valence-corrected chi connectivity index (χ1v) is 6.11. The van der Waals surface area contributed by atoms with Crippen molar-refractivity contribution in [2.75, 3.05) is 5.32 Å². The molecule has 0 aliphatic carbocycles. The van der Waals surface area contributed by atoms with Crippen molar-refractivity contribution >= 4 is 32.7 Å². The first-order valence-electron chi connectivity index (χ1n) is 5.32. The van der Waals surface area contributed by atoms with Gasteiger partial charge in [-0.1, -0.05) is 0 Å². The van der Waals surface area contributed by atoms with Crippen LogP contribution in [0, 0.1) is 34.0 Å². The van der Waals surface area contributed by atoms with E-state index in [-0.39, 0.29) is 11.3 Å². The predicted molar refractivity (Wildman–Crippen MR) is 74.7 cm³/mol. The van der Waals surface area contributed by atoms with E-state index in [1.165, 1.54) is 0 Å². The van der Waals surface area contributed by atoms with Crippen LogP contribution in [0.25, 0.3) is 11.0 Å². The maximum Gasteiger partial charge on any atom is 0.163 e. The fraction of sp³-hybridized carbons (Fsp3) is 0. The topological polar surface area (TPSA) is 109 Å². The van der Waals surface area contributed by atoms with Crippen molar-refractivity contribution in [1.29, 1.82) is 15.8 Å². The minimum atomic E-state index is -0.279. The molecule has 0 bridgehead atoms. The van der Waals surface area contributed by atoms with E-state index in [4.69, 9.17) is 15.8 Å². The van der Waals surface area contributed by atoms with Crippen LogP contribution in [0.5, 0.6) is 0 Å². The van der Waals surface area contributed by atoms with Gasteiger partial charge in [-0.2, -0.15) is 15.8 Å². The lowest BCUT2D eigenvalue weighted by Gasteiger charge is -2.08. The number of nitriles is 3. The number of nitrogens with one attached hydrogen (secondary N) is 1. The van der Waals surface area contributed by atoms with Gasteiger partial charge in [-0.05, 0) is 28.1 Å². The average molecular weight is 325 g/mol. The van der Waals surface area contributed by atoms with Gasteiger partial charge in [0.1, 0.15) is 29.4 Å². The molecule has 0 saturated heterocycles. The number of hydrogen-bond acceptors (Lipinski definition) is 6. The Labute approximate surface area is 122 Å². The molecule has 1 heterocycles. The number of fused-ring (bicyclic) bond motifs is 1. The molecule has 0 saturated carbocycles. The monoisotopic (exact) mass is 324 g/mol. The summed E-state index contributed by atoms with van der Waals surface area (Å²) in [5.74, 6) is 0. The van der Waals surface area contributed by atoms with Crippen molar-refractivity contribution in [3.63, 3.8) is 0 Å². The molecule has 0 atom stereocenters. The van der Waals surface area contributed by atoms with Gasteiger partial charge in [-0.15, -0.1) is 0 Å². The maximum atomic E-state index is 9.01. The number of rotatable bonds is 2. The fourth-order valence-corrected chi connectivity index (χ4v) is 2.05. The van der Waals surface area contributed by atoms with E-state index in [9.17, 15) is 0 Å². The standard InChI is InChI=1S/C13H5BrN6/c14-12-9(20-11(7-17)8(5-15)6-16)1-2-10-13(12)19-4-3-18-10/h1-4,20H. The van der Waals surface area contributed by atoms with Crippen LogP contribution in [0.1, 0.15) is 0 Å². The van der Waals surface area contributed by atoms with Crippen LogP contribution < -0.4 is 5.32 Å². The molecule has 1 aromatic heterocycles. The Morgan fingerprint density at radius 3 is 2.40 bits per heavy atom. The molecule has 1 aromatic carbocycles. The highest BCUT2D eigenvalue weighted by Crippen LogP contribution is 2.30. The third kappa shape index (κ3) is 2.42. The van der Waals surface area contributed by atoms with Crippen molar-refractivity contribution < 1.29 is 0 Å². The summed E-state index contributed by atoms with van der Waals surface area (Å²) in [6, 6.07) is 8.54. The molecule has 1 N–H and O–H groups in total. The summed E-state index contributed by atoms with van der Waals surface area (Å²) >= 11 is 3.37. The van der Waals surface area contributed by atoms with E-state index in [1.807, 2.05) is 0 Å². The van der Waals surface area contributed by atoms with Gasteiger partial charge in [0.25, 0.3) is 0 Å². The van der Waals surface area contributed by atoms with Crippen LogP contribution in [0.4, 0.5) is 5.69 Å². The second-order valence-electron chi connectivity index (χ2n) is 3.56. The van der Waals surface area contributed by atoms with Gasteiger partial charge in [0, 0.05) is 12.4 Å². The molecule has 0 unspecified atom stereocenters. The minimum Gasteiger partial charge on any atom is -0.344 e. The molecule has 94 valence electrons. The normalized spacial score (nSPS) is 9.10. The molecule has 20 heavy (non-hydrogen) atoms. The largest absolute Gasteiger partial charge is 0.344 e. The third-order valence-corrected chi connectivity index (χ3v) is 3.23. The summed E-state index contributed by atoms with van der Waals surface area (Å²) in [6.45, 7) is 0. The van der Waals surface area contributed by atoms with Gasteiger partial charge < -0.3 is 5.32 Å². The number of anilines is 1. The van der Waals surface area contributed by atoms with Gasteiger partial charge in [-0.25, -0.2) is 0 Å². The lowest BCUT2D eigenvalue weighted by Crippen LogP contribution is -2.02. The Morgan fingerprint density at radius 1 is 1.05 bits per heavy atom. The van der Waals surface area contributed by atoms with Crippen LogP contribution in [0.3, 0.4) is 0 Å². The molecule has 2 aromatic rings. The van der Waals surface area contributed by atoms with Gasteiger partial charge in [0.05, 0.1) is 15.7 Å². The van der Waals surface area contributed by atoms with E-state index in [2.05, 4.69) is 31.2 Å². The van der Waals surface area contributed by atoms with E-state index in [1.54, 1.807) is 42.7 Å². The molecule has 0 amide bonds. The molecule has 0 aliphatic rings. The number of halogens is 1. The number of nitrogens with zero attached hydrogens (tertiary/aromatic N) is 5. The van der Waals surface area contributed by atoms with Crippen molar-refractivity contribution in [2.24, 2.45) is 0 Å². The maximum absolute atomic E-state index is 9.01. The van der Waals surface area contributed by atoms with Crippen LogP contribution in [0.15, 0.2) is 40.3 Å². The summed E-state index contributed by atoms with van der Waals surface area (Å²) in [4.78, 5) is 8.33. The highest BCUT2D eigenvalue weighted by molar-refractivity contribution is 9.10. The highest BCUT2D eigenvalue weighted by atomic mass is 79.9. The SMILES string of the molecule is N#CC(C#N)=C(C#N)Nc1ccc2nccnc2c1Br. The van der Waals surface area contributed by atoms with E-state index >= 15 is 0 Å². The zero-order chi connectivity index (χ0) is 14.5. The molecular weight excluding hydrogens is 320 g/mol. The van der Waals surface area contributed by atoms with Crippen LogP contribution in [0.2, 0.25) is 0 Å². The molecule has 0 fully saturated rings. The van der Waals surface area contributed by atoms with Crippen LogP contribution in [-0.4, -0.2) is 9.97 Å². The highest BCUT2D eigenvalue weighted by Gasteiger charge is 2.11. The van der Waals surface area contributed by atoms with Crippen molar-refractivity contribution in [2.45, 2.75) is 0 Å². The van der Waals surface area contributed by atoms with E-state index in [0.29, 0.717) is 21.2 Å². The Bertz CT molecular complexity index is 819. The second kappa shape index (κ2) is 5.79. The van der Waals surface area contributed by atoms with Gasteiger partial charge >= 0.3 is 0 Å². The Hall–Kier alpha value is -2.95. The summed E-state index contributed by atoms with van der Waals surface area (Å²) in [6.07, 6.45) is 3.12. The smallest absolute Gasteiger partial charge is 0.163 e. The number of allylic oxidation sites excluding steroid dienone is 2. The molecule has 0 radical (unpaired) electrons. The zero-order valence-electron chi connectivity index (χ0n) is 9.92. The Kier molecular flexibility index (Phi) is 3.91. The minimum absolute atomic E-state index is 0.112. The predicted octanol–water partition coefficient (Wildman–Crippen LogP) is 2.63. The number of aromatic nitrogens is 2. The zero-order valence-corrected chi connectivity index (χ0v) is 11.5. The molecule has 0 spiro atoms. The summed E-state index contributed by atoms with van der Waals surface area (Å²) < 4.78 is 0.603. The average Bonchev–Trinajstić information content (AvgIpc) is 2.50. The Morgan fingerprint density at radius 2 is 1.75 bits per heavy atom. The lowest BCUT2D eigenvalue weighted by atomic mass is 10.2. The molecular formula is C13H5BrN6. The fourth-order valence-electron chi connectivity index (χ4n) is 1.52. The molecule has 0 aliphatic heterocycles. The second-order valence-corrected chi connectivity index (χ2v) is 4.35. The van der Waals surface area contributed by atoms with Crippen molar-refractivity contribution in [3.05, 3.63) is 40.3 Å². The van der Waals surface area contributed by atoms with Gasteiger partial charge in [-0.3, -0.25) is 9.97 Å². The van der Waals surface area contributed by atoms with Crippen LogP contribution >= 0.6 is 15.9 Å². The number of benzene rings is 1. The van der Waals surface area contributed by atoms with Gasteiger partial charge in [0.15, 0.2) is 5.57 Å². The van der Waals surface area contributed by atoms with Gasteiger partial charge in [0.2, 0.25) is 0 Å². The van der Waals surface area contributed by atoms with E-state index < -0.39 is 0 Å². The summed E-state index contributed by atoms with van der Waals surface area (Å²) in [7, 11) is 0. The summed E-state index contributed by atoms with van der Waals surface area (Å²) in [5.41, 5.74) is 1.44. The number of hydrogen-bond donors (Lipinski definition) is 1. The summed E-state index contributed by atoms with van der Waals surface area (Å²) in [5, 5.41) is 29.3. The Balaban J connectivity index is 2.54.